The Kier molecular flexibility index (Phi) is 8.86. The molecule has 3 aromatic carbocycles. The molecule has 0 saturated heterocycles. The summed E-state index contributed by atoms with van der Waals surface area (Å²) in [4.78, 5) is 12.6. The Bertz CT molecular complexity index is 1420. The molecule has 0 spiro atoms. The van der Waals surface area contributed by atoms with Crippen molar-refractivity contribution in [1.29, 1.82) is 0 Å². The smallest absolute Gasteiger partial charge is 0.250 e. The minimum atomic E-state index is -0.226. The molecule has 0 aliphatic heterocycles. The van der Waals surface area contributed by atoms with Crippen LogP contribution >= 0.6 is 11.8 Å². The molecule has 39 heavy (non-hydrogen) atoms. The lowest BCUT2D eigenvalue weighted by molar-refractivity contribution is -0.118. The van der Waals surface area contributed by atoms with Gasteiger partial charge >= 0.3 is 0 Å². The first-order valence-corrected chi connectivity index (χ1v) is 13.9. The van der Waals surface area contributed by atoms with Gasteiger partial charge in [-0.1, -0.05) is 94.9 Å². The molecular weight excluding hydrogens is 506 g/mol. The Morgan fingerprint density at radius 3 is 2.26 bits per heavy atom. The maximum absolute atomic E-state index is 12.6. The maximum Gasteiger partial charge on any atom is 0.250 e. The van der Waals surface area contributed by atoms with E-state index in [0.717, 1.165) is 22.6 Å². The lowest BCUT2D eigenvalue weighted by Gasteiger charge is -2.19. The molecule has 1 amide bonds. The zero-order valence-corrected chi connectivity index (χ0v) is 24.1. The monoisotopic (exact) mass is 541 g/mol. The third-order valence-electron chi connectivity index (χ3n) is 6.31. The maximum atomic E-state index is 12.6. The van der Waals surface area contributed by atoms with Crippen molar-refractivity contribution in [2.45, 2.75) is 51.1 Å². The summed E-state index contributed by atoms with van der Waals surface area (Å²) in [5, 5.41) is 13.7. The average molecular weight is 542 g/mol. The van der Waals surface area contributed by atoms with Crippen LogP contribution in [0.1, 0.15) is 57.2 Å². The van der Waals surface area contributed by atoms with Crippen LogP contribution in [0.5, 0.6) is 5.75 Å². The summed E-state index contributed by atoms with van der Waals surface area (Å²) in [6, 6.07) is 24.2. The van der Waals surface area contributed by atoms with Gasteiger partial charge in [0, 0.05) is 11.3 Å². The van der Waals surface area contributed by atoms with E-state index in [4.69, 9.17) is 4.74 Å². The van der Waals surface area contributed by atoms with Crippen molar-refractivity contribution < 1.29 is 9.53 Å². The van der Waals surface area contributed by atoms with Crippen molar-refractivity contribution in [2.24, 2.45) is 5.10 Å². The van der Waals surface area contributed by atoms with Crippen molar-refractivity contribution in [3.63, 3.8) is 0 Å². The number of thioether (sulfide) groups is 1. The first kappa shape index (κ1) is 28.1. The first-order chi connectivity index (χ1) is 18.7. The summed E-state index contributed by atoms with van der Waals surface area (Å²) in [7, 11) is 1.64. The summed E-state index contributed by atoms with van der Waals surface area (Å²) in [6.07, 6.45) is 1.64. The molecule has 0 fully saturated rings. The van der Waals surface area contributed by atoms with E-state index in [2.05, 4.69) is 91.7 Å². The Labute approximate surface area is 234 Å². The quantitative estimate of drug-likeness (QED) is 0.147. The zero-order valence-electron chi connectivity index (χ0n) is 23.3. The SMILES string of the molecule is COc1ccc(-n2c(SCC(=O)NN=Cc3ccc(C(C)C)cc3)nnc2-c2ccc(C(C)(C)C)cc2)cc1. The van der Waals surface area contributed by atoms with Crippen LogP contribution in [0.15, 0.2) is 83.1 Å². The number of hydrogen-bond donors (Lipinski definition) is 1. The number of rotatable bonds is 9. The Hall–Kier alpha value is -3.91. The van der Waals surface area contributed by atoms with Crippen molar-refractivity contribution in [3.8, 4) is 22.8 Å². The highest BCUT2D eigenvalue weighted by Gasteiger charge is 2.19. The molecule has 8 heteroatoms. The first-order valence-electron chi connectivity index (χ1n) is 12.9. The van der Waals surface area contributed by atoms with Crippen LogP contribution in [0.4, 0.5) is 0 Å². The number of amides is 1. The van der Waals surface area contributed by atoms with Gasteiger partial charge in [-0.3, -0.25) is 9.36 Å². The molecule has 1 N–H and O–H groups in total. The van der Waals surface area contributed by atoms with Crippen LogP contribution in [0.2, 0.25) is 0 Å². The van der Waals surface area contributed by atoms with Crippen LogP contribution in [0, 0.1) is 0 Å². The number of carbonyl (C=O) groups excluding carboxylic acids is 1. The highest BCUT2D eigenvalue weighted by molar-refractivity contribution is 7.99. The third-order valence-corrected chi connectivity index (χ3v) is 7.24. The number of aromatic nitrogens is 3. The molecule has 0 bridgehead atoms. The van der Waals surface area contributed by atoms with E-state index >= 15 is 0 Å². The molecule has 4 rings (SSSR count). The van der Waals surface area contributed by atoms with Crippen molar-refractivity contribution in [1.82, 2.24) is 20.2 Å². The standard InChI is InChI=1S/C31H35N5O2S/c1-21(2)23-9-7-22(8-10-23)19-32-33-28(37)20-39-30-35-34-29(24-11-13-25(14-12-24)31(3,4)5)36(30)26-15-17-27(38-6)18-16-26/h7-19,21H,20H2,1-6H3,(H,33,37). The van der Waals surface area contributed by atoms with Crippen molar-refractivity contribution in [2.75, 3.05) is 12.9 Å². The van der Waals surface area contributed by atoms with E-state index in [1.165, 1.54) is 22.9 Å². The number of methoxy groups -OCH3 is 1. The van der Waals surface area contributed by atoms with Crippen LogP contribution < -0.4 is 10.2 Å². The van der Waals surface area contributed by atoms with Crippen LogP contribution in [-0.2, 0) is 10.2 Å². The fourth-order valence-electron chi connectivity index (χ4n) is 3.94. The number of hydrazone groups is 1. The van der Waals surface area contributed by atoms with E-state index < -0.39 is 0 Å². The highest BCUT2D eigenvalue weighted by Crippen LogP contribution is 2.30. The number of carbonyl (C=O) groups is 1. The molecule has 7 nitrogen and oxygen atoms in total. The topological polar surface area (TPSA) is 81.4 Å². The second kappa shape index (κ2) is 12.3. The van der Waals surface area contributed by atoms with Gasteiger partial charge < -0.3 is 4.74 Å². The number of benzene rings is 3. The van der Waals surface area contributed by atoms with Crippen LogP contribution in [0.3, 0.4) is 0 Å². The molecule has 1 aromatic heterocycles. The second-order valence-corrected chi connectivity index (χ2v) is 11.5. The fraction of sp³-hybridized carbons (Fsp3) is 0.290. The predicted molar refractivity (Wildman–Crippen MR) is 159 cm³/mol. The van der Waals surface area contributed by atoms with Gasteiger partial charge in [0.05, 0.1) is 19.1 Å². The summed E-state index contributed by atoms with van der Waals surface area (Å²) in [5.74, 6) is 1.84. The highest BCUT2D eigenvalue weighted by atomic mass is 32.2. The van der Waals surface area contributed by atoms with Crippen molar-refractivity contribution in [3.05, 3.63) is 89.5 Å². The van der Waals surface area contributed by atoms with Gasteiger partial charge in [0.1, 0.15) is 5.75 Å². The minimum absolute atomic E-state index is 0.0522. The van der Waals surface area contributed by atoms with Crippen LogP contribution in [-0.4, -0.2) is 39.7 Å². The minimum Gasteiger partial charge on any atom is -0.497 e. The largest absolute Gasteiger partial charge is 0.497 e. The predicted octanol–water partition coefficient (Wildman–Crippen LogP) is 6.61. The van der Waals surface area contributed by atoms with E-state index in [9.17, 15) is 4.79 Å². The molecule has 0 unspecified atom stereocenters. The number of nitrogens with one attached hydrogen (secondary N) is 1. The van der Waals surface area contributed by atoms with Gasteiger partial charge in [0.25, 0.3) is 5.91 Å². The van der Waals surface area contributed by atoms with E-state index in [1.807, 2.05) is 41.0 Å². The lowest BCUT2D eigenvalue weighted by atomic mass is 9.87. The van der Waals surface area contributed by atoms with Crippen molar-refractivity contribution >= 4 is 23.9 Å². The van der Waals surface area contributed by atoms with E-state index in [0.29, 0.717) is 16.9 Å². The Balaban J connectivity index is 1.51. The van der Waals surface area contributed by atoms with Gasteiger partial charge in [-0.25, -0.2) is 5.43 Å². The number of ether oxygens (including phenoxy) is 1. The molecule has 0 aliphatic carbocycles. The zero-order chi connectivity index (χ0) is 28.0. The molecule has 0 atom stereocenters. The molecule has 0 aliphatic rings. The summed E-state index contributed by atoms with van der Waals surface area (Å²) >= 11 is 1.31. The summed E-state index contributed by atoms with van der Waals surface area (Å²) < 4.78 is 7.29. The molecule has 0 saturated carbocycles. The third kappa shape index (κ3) is 7.15. The van der Waals surface area contributed by atoms with Gasteiger partial charge in [-0.2, -0.15) is 5.10 Å². The molecule has 1 heterocycles. The van der Waals surface area contributed by atoms with Gasteiger partial charge in [0.2, 0.25) is 0 Å². The van der Waals surface area contributed by atoms with E-state index in [1.54, 1.807) is 13.3 Å². The lowest BCUT2D eigenvalue weighted by Crippen LogP contribution is -2.20. The Morgan fingerprint density at radius 2 is 1.67 bits per heavy atom. The van der Waals surface area contributed by atoms with Gasteiger partial charge in [0.15, 0.2) is 11.0 Å². The summed E-state index contributed by atoms with van der Waals surface area (Å²) in [6.45, 7) is 10.9. The number of nitrogens with zero attached hydrogens (tertiary/aromatic N) is 4. The van der Waals surface area contributed by atoms with E-state index in [-0.39, 0.29) is 17.1 Å². The Morgan fingerprint density at radius 1 is 1.00 bits per heavy atom. The van der Waals surface area contributed by atoms with Crippen LogP contribution in [0.25, 0.3) is 17.1 Å². The van der Waals surface area contributed by atoms with Gasteiger partial charge in [-0.15, -0.1) is 10.2 Å². The normalized spacial score (nSPS) is 11.8. The molecule has 202 valence electrons. The summed E-state index contributed by atoms with van der Waals surface area (Å²) in [5.41, 5.74) is 7.90. The molecule has 0 radical (unpaired) electrons. The average Bonchev–Trinajstić information content (AvgIpc) is 3.36. The second-order valence-electron chi connectivity index (χ2n) is 10.6. The van der Waals surface area contributed by atoms with Gasteiger partial charge in [-0.05, 0) is 52.3 Å². The molecular formula is C31H35N5O2S. The fourth-order valence-corrected chi connectivity index (χ4v) is 4.69. The number of hydrogen-bond acceptors (Lipinski definition) is 6. The molecule has 4 aromatic rings.